The zero-order chi connectivity index (χ0) is 91.2. The van der Waals surface area contributed by atoms with Gasteiger partial charge in [-0.2, -0.15) is 0 Å². The van der Waals surface area contributed by atoms with Gasteiger partial charge in [0.15, 0.2) is 11.2 Å². The van der Waals surface area contributed by atoms with Gasteiger partial charge in [0, 0.05) is 106 Å². The topological polar surface area (TPSA) is 57.7 Å². The molecule has 137 heavy (non-hydrogen) atoms. The summed E-state index contributed by atoms with van der Waals surface area (Å²) in [6.07, 6.45) is 0. The van der Waals surface area contributed by atoms with Crippen LogP contribution in [0.15, 0.2) is 433 Å². The first-order valence-electron chi connectivity index (χ1n) is 47.2. The third-order valence-electron chi connectivity index (χ3n) is 28.9. The Kier molecular flexibility index (Phi) is 17.8. The van der Waals surface area contributed by atoms with Crippen LogP contribution in [0.3, 0.4) is 0 Å². The van der Waals surface area contributed by atoms with Crippen molar-refractivity contribution in [1.29, 1.82) is 0 Å². The summed E-state index contributed by atoms with van der Waals surface area (Å²) in [5.41, 5.74) is 30.5. The van der Waals surface area contributed by atoms with Crippen LogP contribution in [0.4, 0.5) is 68.2 Å². The monoisotopic (exact) mass is 1760 g/mol. The van der Waals surface area contributed by atoms with Gasteiger partial charge in [-0.3, -0.25) is 0 Å². The van der Waals surface area contributed by atoms with Gasteiger partial charge in [0.25, 0.3) is 0 Å². The largest absolute Gasteiger partial charge is 0.456 e. The molecule has 648 valence electrons. The SMILES string of the molecule is Cc1ccc2c(N(c3ccccc3)c3ccc4c(c3)C(C)(C)c3ccccc3-4)cc3c4cc(C)cc5c4c(cc3c2c1)-c1ccc(N(c2ccccc2)c2cccc3c2oc2ccccc23)cc1O5.Cc1ccc2c(N(c3ccccc3)c3ccc4c(ccc5ccccc54)c3)cc3c4cc(C)cc5c4c(cc3c2c1)-c1ccc(N(c2ccccc2)c2cccc3c2oc2ccccc23)cc1O5. The molecular formula is C129H88N4O4. The van der Waals surface area contributed by atoms with Gasteiger partial charge in [-0.25, -0.2) is 0 Å². The van der Waals surface area contributed by atoms with Crippen molar-refractivity contribution in [2.45, 2.75) is 47.0 Å². The lowest BCUT2D eigenvalue weighted by Crippen LogP contribution is -2.16. The molecule has 0 atom stereocenters. The number of benzene rings is 23. The summed E-state index contributed by atoms with van der Waals surface area (Å²) in [4.78, 5) is 9.47. The number of hydrogen-bond donors (Lipinski definition) is 0. The molecule has 2 aliphatic heterocycles. The second-order valence-electron chi connectivity index (χ2n) is 37.6. The normalized spacial score (nSPS) is 12.6. The molecule has 0 fully saturated rings. The second-order valence-corrected chi connectivity index (χ2v) is 37.6. The van der Waals surface area contributed by atoms with E-state index < -0.39 is 0 Å². The van der Waals surface area contributed by atoms with Gasteiger partial charge in [0.05, 0.1) is 34.1 Å². The molecule has 0 spiro atoms. The van der Waals surface area contributed by atoms with E-state index in [1.807, 2.05) is 24.3 Å². The maximum Gasteiger partial charge on any atom is 0.159 e. The number of furan rings is 2. The Labute approximate surface area is 792 Å². The molecule has 0 amide bonds. The highest BCUT2D eigenvalue weighted by atomic mass is 16.5. The third kappa shape index (κ3) is 12.6. The summed E-state index contributed by atoms with van der Waals surface area (Å²) >= 11 is 0. The Hall–Kier alpha value is -17.5. The highest BCUT2D eigenvalue weighted by molar-refractivity contribution is 6.29. The second kappa shape index (κ2) is 30.8. The highest BCUT2D eigenvalue weighted by Crippen LogP contribution is 2.59. The van der Waals surface area contributed by atoms with Crippen molar-refractivity contribution in [3.8, 4) is 56.4 Å². The van der Waals surface area contributed by atoms with Crippen molar-refractivity contribution >= 4 is 198 Å². The molecule has 28 rings (SSSR count). The average Bonchev–Trinajstić information content (AvgIpc) is 1.55. The van der Waals surface area contributed by atoms with Crippen LogP contribution >= 0.6 is 0 Å². The molecular weight excluding hydrogens is 1670 g/mol. The maximum absolute atomic E-state index is 7.13. The Morgan fingerprint density at radius 1 is 0.190 bits per heavy atom. The van der Waals surface area contributed by atoms with Crippen LogP contribution in [0.5, 0.6) is 23.0 Å². The maximum atomic E-state index is 7.13. The molecule has 23 aromatic carbocycles. The zero-order valence-electron chi connectivity index (χ0n) is 76.3. The number of para-hydroxylation sites is 8. The number of fused-ring (bicyclic) bond motifs is 24. The molecule has 8 nitrogen and oxygen atoms in total. The molecule has 0 unspecified atom stereocenters. The number of hydrogen-bond acceptors (Lipinski definition) is 8. The van der Waals surface area contributed by atoms with Crippen molar-refractivity contribution in [2.75, 3.05) is 19.6 Å². The minimum absolute atomic E-state index is 0.138. The van der Waals surface area contributed by atoms with Crippen LogP contribution in [0.25, 0.3) is 163 Å². The van der Waals surface area contributed by atoms with Crippen molar-refractivity contribution < 1.29 is 18.3 Å². The molecule has 1 aliphatic carbocycles. The van der Waals surface area contributed by atoms with E-state index in [4.69, 9.17) is 18.3 Å². The van der Waals surface area contributed by atoms with Gasteiger partial charge in [0.2, 0.25) is 0 Å². The van der Waals surface area contributed by atoms with Crippen LogP contribution in [-0.4, -0.2) is 0 Å². The number of nitrogens with zero attached hydrogens (tertiary/aromatic N) is 4. The van der Waals surface area contributed by atoms with Crippen molar-refractivity contribution in [1.82, 2.24) is 0 Å². The molecule has 0 N–H and O–H groups in total. The molecule has 0 radical (unpaired) electrons. The van der Waals surface area contributed by atoms with Crippen LogP contribution in [0.1, 0.15) is 47.2 Å². The number of ether oxygens (including phenoxy) is 2. The summed E-state index contributed by atoms with van der Waals surface area (Å²) < 4.78 is 27.5. The lowest BCUT2D eigenvalue weighted by atomic mass is 9.82. The molecule has 0 saturated heterocycles. The molecule has 3 aliphatic rings. The van der Waals surface area contributed by atoms with E-state index in [0.717, 1.165) is 174 Å². The predicted octanol–water partition coefficient (Wildman–Crippen LogP) is 37.4. The molecule has 4 heterocycles. The van der Waals surface area contributed by atoms with E-state index in [2.05, 4.69) is 462 Å². The van der Waals surface area contributed by atoms with E-state index in [-0.39, 0.29) is 5.41 Å². The first-order valence-corrected chi connectivity index (χ1v) is 47.2. The fraction of sp³-hybridized carbons (Fsp3) is 0.0543. The Morgan fingerprint density at radius 3 is 1.06 bits per heavy atom. The summed E-state index contributed by atoms with van der Waals surface area (Å²) in [7, 11) is 0. The van der Waals surface area contributed by atoms with Crippen LogP contribution in [0, 0.1) is 27.7 Å². The smallest absolute Gasteiger partial charge is 0.159 e. The molecule has 0 bridgehead atoms. The van der Waals surface area contributed by atoms with E-state index in [9.17, 15) is 0 Å². The highest BCUT2D eigenvalue weighted by Gasteiger charge is 2.38. The first kappa shape index (κ1) is 79.3. The summed E-state index contributed by atoms with van der Waals surface area (Å²) in [6.45, 7) is 13.5. The number of aryl methyl sites for hydroxylation is 4. The van der Waals surface area contributed by atoms with Gasteiger partial charge >= 0.3 is 0 Å². The quantitative estimate of drug-likeness (QED) is 0.112. The van der Waals surface area contributed by atoms with Gasteiger partial charge in [-0.05, 0) is 295 Å². The van der Waals surface area contributed by atoms with Crippen LogP contribution in [0.2, 0.25) is 0 Å². The molecule has 25 aromatic rings. The van der Waals surface area contributed by atoms with Gasteiger partial charge < -0.3 is 37.9 Å². The molecule has 2 aromatic heterocycles. The Balaban J connectivity index is 0.000000139. The lowest BCUT2D eigenvalue weighted by molar-refractivity contribution is 0.486. The minimum atomic E-state index is -0.138. The summed E-state index contributed by atoms with van der Waals surface area (Å²) in [5, 5.41) is 23.6. The summed E-state index contributed by atoms with van der Waals surface area (Å²) in [6, 6.07) is 154. The average molecular weight is 1760 g/mol. The van der Waals surface area contributed by atoms with Gasteiger partial charge in [-0.15, -0.1) is 0 Å². The summed E-state index contributed by atoms with van der Waals surface area (Å²) in [5.74, 6) is 3.36. The van der Waals surface area contributed by atoms with Gasteiger partial charge in [0.1, 0.15) is 34.2 Å². The van der Waals surface area contributed by atoms with Crippen LogP contribution < -0.4 is 29.1 Å². The van der Waals surface area contributed by atoms with E-state index >= 15 is 0 Å². The van der Waals surface area contributed by atoms with Crippen molar-refractivity contribution in [3.05, 3.63) is 458 Å². The van der Waals surface area contributed by atoms with E-state index in [1.54, 1.807) is 0 Å². The van der Waals surface area contributed by atoms with Crippen molar-refractivity contribution in [2.24, 2.45) is 0 Å². The lowest BCUT2D eigenvalue weighted by Gasteiger charge is -2.30. The Morgan fingerprint density at radius 2 is 0.555 bits per heavy atom. The van der Waals surface area contributed by atoms with Crippen molar-refractivity contribution in [3.63, 3.8) is 0 Å². The molecule has 0 saturated carbocycles. The first-order chi connectivity index (χ1) is 67.3. The van der Waals surface area contributed by atoms with E-state index in [0.29, 0.717) is 0 Å². The zero-order valence-corrected chi connectivity index (χ0v) is 76.3. The van der Waals surface area contributed by atoms with Crippen LogP contribution in [-0.2, 0) is 5.41 Å². The number of anilines is 12. The number of rotatable bonds is 12. The molecule has 8 heteroatoms. The standard InChI is InChI=1S/C65H46N2O2.C64H42N2O2/c1-39-26-29-47-51(32-39)52-37-55-49-31-28-44(66(41-16-7-5-8-17-41)58-24-15-22-50-48-21-12-14-25-60(48)69-64(50)58)36-61(49)68-62-34-40(2)33-54(63(55)62)53(52)38-59(47)67(42-18-9-6-10-19-42)43-27-30-46-45-20-11-13-23-56(45)65(3,4)57(46)35-43;1-39-24-29-49-53(32-39)54-37-57-51-31-28-46(65(43-15-5-3-6-16-43)58-22-13-21-52-50-20-11-12-23-60(50)68-64(52)58)36-61(51)67-62-34-40(2)33-56(63(57)62)55(54)38-59(49)66(44-17-7-4-8-18-44)45-27-30-48-42(35-45)26-25-41-14-9-10-19-47(41)48/h5-38H,1-4H3;3-38H,1-2H3. The third-order valence-corrected chi connectivity index (χ3v) is 28.9. The predicted molar refractivity (Wildman–Crippen MR) is 574 cm³/mol. The fourth-order valence-electron chi connectivity index (χ4n) is 22.7. The Bertz CT molecular complexity index is 9410. The van der Waals surface area contributed by atoms with Gasteiger partial charge in [-0.1, -0.05) is 280 Å². The fourth-order valence-corrected chi connectivity index (χ4v) is 22.7. The van der Waals surface area contributed by atoms with E-state index in [1.165, 1.54) is 114 Å². The minimum Gasteiger partial charge on any atom is -0.456 e.